The van der Waals surface area contributed by atoms with Gasteiger partial charge in [0, 0.05) is 0 Å². The summed E-state index contributed by atoms with van der Waals surface area (Å²) in [5, 5.41) is 26.5. The van der Waals surface area contributed by atoms with Gasteiger partial charge in [0.1, 0.15) is 16.1 Å². The van der Waals surface area contributed by atoms with Crippen molar-refractivity contribution < 1.29 is 24.9 Å². The first-order valence-corrected chi connectivity index (χ1v) is 4.78. The van der Waals surface area contributed by atoms with Gasteiger partial charge >= 0.3 is 11.9 Å². The molecular weight excluding hydrogens is 268 g/mol. The van der Waals surface area contributed by atoms with Crippen LogP contribution in [0.4, 0.5) is 0 Å². The van der Waals surface area contributed by atoms with E-state index in [1.165, 1.54) is 6.07 Å². The second-order valence-corrected chi connectivity index (χ2v) is 3.70. The molecule has 15 heavy (non-hydrogen) atoms. The molecule has 0 spiro atoms. The van der Waals surface area contributed by atoms with Crippen LogP contribution in [0, 0.1) is 0 Å². The van der Waals surface area contributed by atoms with E-state index in [9.17, 15) is 14.7 Å². The Kier molecular flexibility index (Phi) is 3.31. The van der Waals surface area contributed by atoms with Crippen molar-refractivity contribution in [2.24, 2.45) is 0 Å². The zero-order valence-corrected chi connectivity index (χ0v) is 8.93. The SMILES string of the molecule is O=C(O)c1cc(C(Br)C(=O)O)ccc1O. The first-order valence-electron chi connectivity index (χ1n) is 3.86. The molecule has 0 amide bonds. The Bertz CT molecular complexity index is 415. The molecule has 0 heterocycles. The third kappa shape index (κ3) is 2.47. The third-order valence-corrected chi connectivity index (χ3v) is 2.68. The Balaban J connectivity index is 3.18. The Morgan fingerprint density at radius 1 is 1.27 bits per heavy atom. The highest BCUT2D eigenvalue weighted by Crippen LogP contribution is 2.27. The summed E-state index contributed by atoms with van der Waals surface area (Å²) in [6.45, 7) is 0. The minimum Gasteiger partial charge on any atom is -0.507 e. The Hall–Kier alpha value is -1.56. The molecule has 6 heteroatoms. The van der Waals surface area contributed by atoms with Gasteiger partial charge in [-0.15, -0.1) is 0 Å². The van der Waals surface area contributed by atoms with Crippen molar-refractivity contribution in [1.82, 2.24) is 0 Å². The molecule has 1 aromatic rings. The van der Waals surface area contributed by atoms with Crippen molar-refractivity contribution in [3.05, 3.63) is 29.3 Å². The van der Waals surface area contributed by atoms with E-state index < -0.39 is 22.5 Å². The topological polar surface area (TPSA) is 94.8 Å². The van der Waals surface area contributed by atoms with Gasteiger partial charge in [-0.05, 0) is 17.7 Å². The number of alkyl halides is 1. The minimum absolute atomic E-state index is 0.262. The third-order valence-electron chi connectivity index (χ3n) is 1.76. The van der Waals surface area contributed by atoms with Crippen LogP contribution in [-0.2, 0) is 4.79 Å². The van der Waals surface area contributed by atoms with Gasteiger partial charge in [0.15, 0.2) is 0 Å². The Labute approximate surface area is 93.1 Å². The Morgan fingerprint density at radius 2 is 1.87 bits per heavy atom. The first-order chi connectivity index (χ1) is 6.93. The number of aromatic carboxylic acids is 1. The Morgan fingerprint density at radius 3 is 2.33 bits per heavy atom. The molecule has 0 aliphatic heterocycles. The van der Waals surface area contributed by atoms with Crippen molar-refractivity contribution in [1.29, 1.82) is 0 Å². The second-order valence-electron chi connectivity index (χ2n) is 2.78. The van der Waals surface area contributed by atoms with Crippen LogP contribution in [0.1, 0.15) is 20.7 Å². The highest BCUT2D eigenvalue weighted by Gasteiger charge is 2.19. The van der Waals surface area contributed by atoms with Crippen molar-refractivity contribution >= 4 is 27.9 Å². The number of hydrogen-bond donors (Lipinski definition) is 3. The number of benzene rings is 1. The molecule has 0 bridgehead atoms. The molecule has 1 rings (SSSR count). The molecule has 0 radical (unpaired) electrons. The van der Waals surface area contributed by atoms with E-state index >= 15 is 0 Å². The number of carboxylic acids is 2. The number of phenols is 1. The number of aliphatic carboxylic acids is 1. The van der Waals surface area contributed by atoms with E-state index in [1.807, 2.05) is 0 Å². The fourth-order valence-electron chi connectivity index (χ4n) is 1.03. The lowest BCUT2D eigenvalue weighted by atomic mass is 10.1. The maximum atomic E-state index is 10.6. The summed E-state index contributed by atoms with van der Waals surface area (Å²) >= 11 is 2.88. The lowest BCUT2D eigenvalue weighted by Gasteiger charge is -2.06. The molecule has 1 aromatic carbocycles. The highest BCUT2D eigenvalue weighted by atomic mass is 79.9. The zero-order chi connectivity index (χ0) is 11.6. The summed E-state index contributed by atoms with van der Waals surface area (Å²) in [7, 11) is 0. The quantitative estimate of drug-likeness (QED) is 0.728. The summed E-state index contributed by atoms with van der Waals surface area (Å²) < 4.78 is 0. The van der Waals surface area contributed by atoms with Crippen molar-refractivity contribution in [2.45, 2.75) is 4.83 Å². The summed E-state index contributed by atoms with van der Waals surface area (Å²) in [6.07, 6.45) is 0. The van der Waals surface area contributed by atoms with E-state index in [-0.39, 0.29) is 11.1 Å². The average Bonchev–Trinajstić information content (AvgIpc) is 2.16. The van der Waals surface area contributed by atoms with Crippen LogP contribution in [0.2, 0.25) is 0 Å². The summed E-state index contributed by atoms with van der Waals surface area (Å²) in [6, 6.07) is 3.61. The number of hydrogen-bond acceptors (Lipinski definition) is 3. The van der Waals surface area contributed by atoms with Gasteiger partial charge in [0.05, 0.1) is 0 Å². The van der Waals surface area contributed by atoms with Crippen LogP contribution in [0.25, 0.3) is 0 Å². The van der Waals surface area contributed by atoms with Crippen LogP contribution in [0.15, 0.2) is 18.2 Å². The monoisotopic (exact) mass is 274 g/mol. The number of aromatic hydroxyl groups is 1. The molecular formula is C9H7BrO5. The average molecular weight is 275 g/mol. The van der Waals surface area contributed by atoms with E-state index in [2.05, 4.69) is 15.9 Å². The molecule has 0 fully saturated rings. The molecule has 0 saturated heterocycles. The molecule has 0 saturated carbocycles. The molecule has 1 atom stereocenters. The second kappa shape index (κ2) is 4.31. The van der Waals surface area contributed by atoms with Gasteiger partial charge in [-0.3, -0.25) is 4.79 Å². The molecule has 5 nitrogen and oxygen atoms in total. The van der Waals surface area contributed by atoms with E-state index in [1.54, 1.807) is 0 Å². The number of rotatable bonds is 3. The van der Waals surface area contributed by atoms with Gasteiger partial charge in [-0.25, -0.2) is 4.79 Å². The highest BCUT2D eigenvalue weighted by molar-refractivity contribution is 9.09. The van der Waals surface area contributed by atoms with Gasteiger partial charge in [0.2, 0.25) is 0 Å². The van der Waals surface area contributed by atoms with Gasteiger partial charge in [-0.1, -0.05) is 22.0 Å². The van der Waals surface area contributed by atoms with Gasteiger partial charge < -0.3 is 15.3 Å². The number of halogens is 1. The van der Waals surface area contributed by atoms with E-state index in [0.29, 0.717) is 0 Å². The largest absolute Gasteiger partial charge is 0.507 e. The van der Waals surface area contributed by atoms with E-state index in [0.717, 1.165) is 12.1 Å². The lowest BCUT2D eigenvalue weighted by Crippen LogP contribution is -2.06. The molecule has 0 aromatic heterocycles. The van der Waals surface area contributed by atoms with Gasteiger partial charge in [0.25, 0.3) is 0 Å². The standard InChI is InChI=1S/C9H7BrO5/c10-7(9(14)15)4-1-2-6(11)5(3-4)8(12)13/h1-3,7,11H,(H,12,13)(H,14,15). The molecule has 80 valence electrons. The van der Waals surface area contributed by atoms with Crippen molar-refractivity contribution in [3.63, 3.8) is 0 Å². The predicted octanol–water partition coefficient (Wildman–Crippen LogP) is 1.61. The van der Waals surface area contributed by atoms with Crippen LogP contribution in [0.5, 0.6) is 5.75 Å². The van der Waals surface area contributed by atoms with Crippen LogP contribution in [-0.4, -0.2) is 27.3 Å². The summed E-state index contributed by atoms with van der Waals surface area (Å²) in [5.74, 6) is -2.83. The van der Waals surface area contributed by atoms with Crippen LogP contribution < -0.4 is 0 Å². The maximum absolute atomic E-state index is 10.6. The maximum Gasteiger partial charge on any atom is 0.339 e. The molecule has 0 aliphatic rings. The molecule has 3 N–H and O–H groups in total. The fourth-order valence-corrected chi connectivity index (χ4v) is 1.31. The fraction of sp³-hybridized carbons (Fsp3) is 0.111. The van der Waals surface area contributed by atoms with Gasteiger partial charge in [-0.2, -0.15) is 0 Å². The molecule has 0 aliphatic carbocycles. The van der Waals surface area contributed by atoms with E-state index in [4.69, 9.17) is 10.2 Å². The molecule has 1 unspecified atom stereocenters. The zero-order valence-electron chi connectivity index (χ0n) is 7.35. The lowest BCUT2D eigenvalue weighted by molar-refractivity contribution is -0.136. The normalized spacial score (nSPS) is 12.1. The van der Waals surface area contributed by atoms with Crippen molar-refractivity contribution in [2.75, 3.05) is 0 Å². The first kappa shape index (κ1) is 11.5. The van der Waals surface area contributed by atoms with Crippen LogP contribution >= 0.6 is 15.9 Å². The predicted molar refractivity (Wildman–Crippen MR) is 54.4 cm³/mol. The smallest absolute Gasteiger partial charge is 0.339 e. The summed E-state index contributed by atoms with van der Waals surface area (Å²) in [5.41, 5.74) is -0.0594. The number of carboxylic acid groups (broad SMARTS) is 2. The number of carbonyl (C=O) groups is 2. The van der Waals surface area contributed by atoms with Crippen LogP contribution in [0.3, 0.4) is 0 Å². The minimum atomic E-state index is -1.31. The summed E-state index contributed by atoms with van der Waals surface area (Å²) in [4.78, 5) is 20.3. The van der Waals surface area contributed by atoms with Crippen molar-refractivity contribution in [3.8, 4) is 5.75 Å².